The monoisotopic (exact) mass is 390 g/mol. The molecule has 0 saturated heterocycles. The normalized spacial score (nSPS) is 13.5. The summed E-state index contributed by atoms with van der Waals surface area (Å²) in [6, 6.07) is 16.8. The van der Waals surface area contributed by atoms with Crippen LogP contribution in [0.3, 0.4) is 0 Å². The molecule has 0 atom stereocenters. The van der Waals surface area contributed by atoms with Crippen molar-refractivity contribution < 1.29 is 4.79 Å². The van der Waals surface area contributed by atoms with Gasteiger partial charge in [-0.25, -0.2) is 4.98 Å². The van der Waals surface area contributed by atoms with Gasteiger partial charge in [0, 0.05) is 31.5 Å². The molecule has 1 N–H and O–H groups in total. The zero-order valence-corrected chi connectivity index (χ0v) is 16.6. The summed E-state index contributed by atoms with van der Waals surface area (Å²) in [5, 5.41) is 12.4. The lowest BCUT2D eigenvalue weighted by Gasteiger charge is -2.01. The molecule has 0 spiro atoms. The van der Waals surface area contributed by atoms with E-state index in [0.717, 1.165) is 28.4 Å². The van der Waals surface area contributed by atoms with Crippen molar-refractivity contribution in [3.05, 3.63) is 53.5 Å². The van der Waals surface area contributed by atoms with Crippen LogP contribution in [0.15, 0.2) is 58.7 Å². The van der Waals surface area contributed by atoms with Gasteiger partial charge in [0.25, 0.3) is 0 Å². The summed E-state index contributed by atoms with van der Waals surface area (Å²) in [4.78, 5) is 16.3. The number of nitrogens with one attached hydrogen (secondary N) is 1. The number of hydrogen-bond acceptors (Lipinski definition) is 5. The third kappa shape index (κ3) is 4.34. The minimum absolute atomic E-state index is 0.0686. The smallest absolute Gasteiger partial charge is 0.220 e. The van der Waals surface area contributed by atoms with Crippen molar-refractivity contribution >= 4 is 38.9 Å². The first-order valence-electron chi connectivity index (χ1n) is 9.54. The first-order chi connectivity index (χ1) is 13.7. The van der Waals surface area contributed by atoms with Crippen LogP contribution in [-0.4, -0.2) is 28.9 Å². The number of rotatable bonds is 7. The Morgan fingerprint density at radius 2 is 1.89 bits per heavy atom. The zero-order valence-electron chi connectivity index (χ0n) is 15.8. The Morgan fingerprint density at radius 3 is 2.71 bits per heavy atom. The Morgan fingerprint density at radius 1 is 1.07 bits per heavy atom. The Hall–Kier alpha value is -2.86. The maximum absolute atomic E-state index is 11.6. The Balaban J connectivity index is 1.39. The van der Waals surface area contributed by atoms with E-state index in [1.165, 1.54) is 15.8 Å². The van der Waals surface area contributed by atoms with E-state index < -0.39 is 0 Å². The van der Waals surface area contributed by atoms with Gasteiger partial charge in [-0.15, -0.1) is 11.3 Å². The fourth-order valence-electron chi connectivity index (χ4n) is 3.26. The lowest BCUT2D eigenvalue weighted by molar-refractivity contribution is -0.120. The molecular formula is C22H22N4OS. The Labute approximate surface area is 168 Å². The third-order valence-electron chi connectivity index (χ3n) is 4.65. The second-order valence-electron chi connectivity index (χ2n) is 6.80. The summed E-state index contributed by atoms with van der Waals surface area (Å²) < 4.78 is 1.19. The molecule has 5 nitrogen and oxygen atoms in total. The molecule has 2 aromatic carbocycles. The summed E-state index contributed by atoms with van der Waals surface area (Å²) in [6.45, 7) is 2.59. The lowest BCUT2D eigenvalue weighted by atomic mass is 10.1. The highest BCUT2D eigenvalue weighted by molar-refractivity contribution is 7.18. The van der Waals surface area contributed by atoms with Gasteiger partial charge in [0.15, 0.2) is 0 Å². The number of aromatic nitrogens is 1. The van der Waals surface area contributed by atoms with E-state index >= 15 is 0 Å². The standard InChI is InChI=1S/C22H22N4OS/c1-2-23-21(27)11-9-17-13-18(26-25-17)14-22-24-19-10-8-16(12-20(19)28-22)15-6-4-3-5-7-15/h3-8,10,12H,2,9,11,13-14H2,1H3,(H,23,27). The van der Waals surface area contributed by atoms with Gasteiger partial charge in [-0.1, -0.05) is 36.4 Å². The number of fused-ring (bicyclic) bond motifs is 1. The first-order valence-corrected chi connectivity index (χ1v) is 10.4. The summed E-state index contributed by atoms with van der Waals surface area (Å²) in [5.41, 5.74) is 5.44. The van der Waals surface area contributed by atoms with Gasteiger partial charge in [-0.2, -0.15) is 10.2 Å². The van der Waals surface area contributed by atoms with E-state index in [2.05, 4.69) is 58.0 Å². The molecule has 1 aliphatic rings. The van der Waals surface area contributed by atoms with E-state index in [1.54, 1.807) is 11.3 Å². The molecule has 0 radical (unpaired) electrons. The van der Waals surface area contributed by atoms with Gasteiger partial charge >= 0.3 is 0 Å². The molecule has 3 aromatic rings. The fourth-order valence-corrected chi connectivity index (χ4v) is 4.30. The number of thiazole rings is 1. The summed E-state index contributed by atoms with van der Waals surface area (Å²) in [7, 11) is 0. The molecule has 1 aromatic heterocycles. The van der Waals surface area contributed by atoms with Crippen LogP contribution in [0.1, 0.15) is 31.2 Å². The quantitative estimate of drug-likeness (QED) is 0.639. The molecule has 1 aliphatic heterocycles. The molecule has 28 heavy (non-hydrogen) atoms. The van der Waals surface area contributed by atoms with Crippen LogP contribution >= 0.6 is 11.3 Å². The van der Waals surface area contributed by atoms with Crippen molar-refractivity contribution in [2.45, 2.75) is 32.6 Å². The number of carbonyl (C=O) groups excluding carboxylic acids is 1. The predicted molar refractivity (Wildman–Crippen MR) is 116 cm³/mol. The first kappa shape index (κ1) is 18.5. The average Bonchev–Trinajstić information content (AvgIpc) is 3.33. The number of hydrogen-bond donors (Lipinski definition) is 1. The van der Waals surface area contributed by atoms with Crippen molar-refractivity contribution in [3.8, 4) is 11.1 Å². The molecule has 142 valence electrons. The molecule has 6 heteroatoms. The van der Waals surface area contributed by atoms with Gasteiger partial charge < -0.3 is 5.32 Å². The molecule has 1 amide bonds. The Bertz CT molecular complexity index is 1050. The highest BCUT2D eigenvalue weighted by atomic mass is 32.1. The van der Waals surface area contributed by atoms with Crippen molar-refractivity contribution in [2.75, 3.05) is 6.54 Å². The maximum atomic E-state index is 11.6. The van der Waals surface area contributed by atoms with Crippen molar-refractivity contribution in [3.63, 3.8) is 0 Å². The second-order valence-corrected chi connectivity index (χ2v) is 7.91. The lowest BCUT2D eigenvalue weighted by Crippen LogP contribution is -2.23. The average molecular weight is 391 g/mol. The van der Waals surface area contributed by atoms with Gasteiger partial charge in [0.2, 0.25) is 5.91 Å². The van der Waals surface area contributed by atoms with Crippen LogP contribution in [0, 0.1) is 0 Å². The van der Waals surface area contributed by atoms with Gasteiger partial charge in [0.05, 0.1) is 20.9 Å². The van der Waals surface area contributed by atoms with Crippen LogP contribution in [0.2, 0.25) is 0 Å². The summed E-state index contributed by atoms with van der Waals surface area (Å²) >= 11 is 1.71. The maximum Gasteiger partial charge on any atom is 0.220 e. The van der Waals surface area contributed by atoms with Gasteiger partial charge in [0.1, 0.15) is 0 Å². The molecule has 0 saturated carbocycles. The van der Waals surface area contributed by atoms with Crippen molar-refractivity contribution in [1.29, 1.82) is 0 Å². The predicted octanol–water partition coefficient (Wildman–Crippen LogP) is 4.62. The third-order valence-corrected chi connectivity index (χ3v) is 5.67. The van der Waals surface area contributed by atoms with Gasteiger partial charge in [-0.05, 0) is 36.6 Å². The number of benzene rings is 2. The minimum atomic E-state index is 0.0686. The van der Waals surface area contributed by atoms with Gasteiger partial charge in [-0.3, -0.25) is 4.79 Å². The van der Waals surface area contributed by atoms with E-state index in [0.29, 0.717) is 25.8 Å². The molecule has 0 fully saturated rings. The molecule has 0 aliphatic carbocycles. The molecule has 0 unspecified atom stereocenters. The van der Waals surface area contributed by atoms with E-state index in [9.17, 15) is 4.79 Å². The van der Waals surface area contributed by atoms with Crippen LogP contribution in [0.25, 0.3) is 21.3 Å². The molecule has 0 bridgehead atoms. The summed E-state index contributed by atoms with van der Waals surface area (Å²) in [6.07, 6.45) is 2.59. The van der Waals surface area contributed by atoms with E-state index in [4.69, 9.17) is 4.98 Å². The largest absolute Gasteiger partial charge is 0.356 e. The van der Waals surface area contributed by atoms with Crippen LogP contribution in [0.5, 0.6) is 0 Å². The SMILES string of the molecule is CCNC(=O)CCC1=NN=C(Cc2nc3ccc(-c4ccccc4)cc3s2)C1. The highest BCUT2D eigenvalue weighted by Crippen LogP contribution is 2.29. The highest BCUT2D eigenvalue weighted by Gasteiger charge is 2.16. The fraction of sp³-hybridized carbons (Fsp3) is 0.273. The van der Waals surface area contributed by atoms with E-state index in [-0.39, 0.29) is 5.91 Å². The van der Waals surface area contributed by atoms with Crippen molar-refractivity contribution in [1.82, 2.24) is 10.3 Å². The topological polar surface area (TPSA) is 66.7 Å². The summed E-state index contributed by atoms with van der Waals surface area (Å²) in [5.74, 6) is 0.0686. The van der Waals surface area contributed by atoms with Crippen molar-refractivity contribution in [2.24, 2.45) is 10.2 Å². The minimum Gasteiger partial charge on any atom is -0.356 e. The zero-order chi connectivity index (χ0) is 19.3. The molecule has 2 heterocycles. The van der Waals surface area contributed by atoms with Crippen LogP contribution in [0.4, 0.5) is 0 Å². The molecule has 4 rings (SSSR count). The number of carbonyl (C=O) groups is 1. The number of nitrogens with zero attached hydrogens (tertiary/aromatic N) is 3. The Kier molecular flexibility index (Phi) is 5.58. The number of amides is 1. The van der Waals surface area contributed by atoms with E-state index in [1.807, 2.05) is 13.0 Å². The van der Waals surface area contributed by atoms with Crippen LogP contribution < -0.4 is 5.32 Å². The molecular weight excluding hydrogens is 368 g/mol. The second kappa shape index (κ2) is 8.44. The van der Waals surface area contributed by atoms with Crippen LogP contribution in [-0.2, 0) is 11.2 Å².